The lowest BCUT2D eigenvalue weighted by Crippen LogP contribution is -2.37. The van der Waals surface area contributed by atoms with Crippen molar-refractivity contribution in [3.05, 3.63) is 90.3 Å². The number of aliphatic hydroxyl groups excluding tert-OH is 1. The van der Waals surface area contributed by atoms with Gasteiger partial charge in [-0.1, -0.05) is 43.4 Å². The van der Waals surface area contributed by atoms with E-state index in [9.17, 15) is 14.7 Å². The number of aliphatic hydroxyl groups is 1. The van der Waals surface area contributed by atoms with Gasteiger partial charge in [0.25, 0.3) is 5.91 Å². The fourth-order valence-electron chi connectivity index (χ4n) is 6.19. The molecule has 4 N–H and O–H groups in total. The molecule has 51 heavy (non-hydrogen) atoms. The largest absolute Gasteiger partial charge is 0.487 e. The van der Waals surface area contributed by atoms with Crippen LogP contribution >= 0.6 is 11.3 Å². The van der Waals surface area contributed by atoms with Crippen molar-refractivity contribution in [1.29, 1.82) is 0 Å². The second kappa shape index (κ2) is 16.4. The van der Waals surface area contributed by atoms with E-state index in [1.807, 2.05) is 58.0 Å². The number of amides is 3. The summed E-state index contributed by atoms with van der Waals surface area (Å²) in [7, 11) is 0. The van der Waals surface area contributed by atoms with Gasteiger partial charge >= 0.3 is 6.03 Å². The molecule has 0 unspecified atom stereocenters. The van der Waals surface area contributed by atoms with E-state index in [4.69, 9.17) is 9.47 Å². The van der Waals surface area contributed by atoms with Crippen LogP contribution < -0.4 is 25.4 Å². The first-order chi connectivity index (χ1) is 24.7. The van der Waals surface area contributed by atoms with Crippen molar-refractivity contribution in [2.24, 2.45) is 0 Å². The highest BCUT2D eigenvalue weighted by Gasteiger charge is 2.20. The van der Waals surface area contributed by atoms with Gasteiger partial charge in [-0.2, -0.15) is 0 Å². The molecule has 3 amide bonds. The molecule has 3 heterocycles. The number of hydrogen-bond donors (Lipinski definition) is 4. The Balaban J connectivity index is 1.10. The second-order valence-corrected chi connectivity index (χ2v) is 14.1. The molecule has 0 radical (unpaired) electrons. The van der Waals surface area contributed by atoms with Crippen molar-refractivity contribution in [2.75, 3.05) is 23.7 Å². The van der Waals surface area contributed by atoms with Crippen LogP contribution in [0.3, 0.4) is 0 Å². The molecule has 1 saturated heterocycles. The summed E-state index contributed by atoms with van der Waals surface area (Å²) in [6.07, 6.45) is 6.71. The number of para-hydroxylation sites is 1. The number of nitrogens with zero attached hydrogens (tertiary/aromatic N) is 3. The fourth-order valence-corrected chi connectivity index (χ4v) is 6.86. The Kier molecular flexibility index (Phi) is 11.5. The summed E-state index contributed by atoms with van der Waals surface area (Å²) in [5, 5.41) is 20.7. The smallest absolute Gasteiger partial charge is 0.319 e. The molecular weight excluding hydrogens is 665 g/mol. The molecule has 12 heteroatoms. The van der Waals surface area contributed by atoms with Gasteiger partial charge in [-0.15, -0.1) is 0 Å². The van der Waals surface area contributed by atoms with Crippen molar-refractivity contribution in [3.8, 4) is 22.2 Å². The summed E-state index contributed by atoms with van der Waals surface area (Å²) in [4.78, 5) is 32.5. The van der Waals surface area contributed by atoms with Crippen molar-refractivity contribution in [1.82, 2.24) is 19.8 Å². The van der Waals surface area contributed by atoms with Gasteiger partial charge in [-0.05, 0) is 87.6 Å². The molecule has 0 atom stereocenters. The summed E-state index contributed by atoms with van der Waals surface area (Å²) < 4.78 is 14.3. The normalized spacial score (nSPS) is 13.9. The molecule has 11 nitrogen and oxygen atoms in total. The summed E-state index contributed by atoms with van der Waals surface area (Å²) >= 11 is 1.20. The minimum atomic E-state index is -0.279. The van der Waals surface area contributed by atoms with E-state index in [0.717, 1.165) is 56.5 Å². The SMILES string of the molecule is CCC(CC)NC(=O)Nc1ccc(Oc2cnc(NC(=O)c3ccc(-n4cc(CN5CCC(O)CC5)c5ccccc54)cc3)s2)c(OC(C)C)c1. The minimum Gasteiger partial charge on any atom is -0.487 e. The van der Waals surface area contributed by atoms with Crippen LogP contribution in [0, 0.1) is 0 Å². The number of likely N-dealkylation sites (tertiary alicyclic amines) is 1. The number of anilines is 2. The van der Waals surface area contributed by atoms with Crippen LogP contribution in [-0.4, -0.2) is 62.8 Å². The van der Waals surface area contributed by atoms with Gasteiger partial charge in [-0.25, -0.2) is 9.78 Å². The average molecular weight is 711 g/mol. The zero-order chi connectivity index (χ0) is 35.9. The molecule has 0 aliphatic carbocycles. The Bertz CT molecular complexity index is 1940. The second-order valence-electron chi connectivity index (χ2n) is 13.1. The van der Waals surface area contributed by atoms with Crippen molar-refractivity contribution >= 4 is 45.0 Å². The van der Waals surface area contributed by atoms with Crippen LogP contribution in [0.1, 0.15) is 69.3 Å². The maximum absolute atomic E-state index is 13.2. The van der Waals surface area contributed by atoms with E-state index in [1.165, 1.54) is 22.3 Å². The van der Waals surface area contributed by atoms with Gasteiger partial charge in [0.05, 0.1) is 23.9 Å². The molecule has 2 aromatic heterocycles. The lowest BCUT2D eigenvalue weighted by molar-refractivity contribution is 0.0794. The van der Waals surface area contributed by atoms with E-state index >= 15 is 0 Å². The number of urea groups is 1. The predicted molar refractivity (Wildman–Crippen MR) is 203 cm³/mol. The Labute approximate surface area is 302 Å². The topological polar surface area (TPSA) is 130 Å². The number of rotatable bonds is 13. The van der Waals surface area contributed by atoms with Crippen LogP contribution in [0.25, 0.3) is 16.6 Å². The monoisotopic (exact) mass is 710 g/mol. The first kappa shape index (κ1) is 35.9. The highest BCUT2D eigenvalue weighted by Crippen LogP contribution is 2.38. The Morgan fingerprint density at radius 3 is 2.45 bits per heavy atom. The number of fused-ring (bicyclic) bond motifs is 1. The van der Waals surface area contributed by atoms with Gasteiger partial charge in [0.2, 0.25) is 5.06 Å². The molecule has 0 saturated carbocycles. The minimum absolute atomic E-state index is 0.103. The summed E-state index contributed by atoms with van der Waals surface area (Å²) in [6.45, 7) is 10.5. The van der Waals surface area contributed by atoms with Crippen molar-refractivity contribution < 1.29 is 24.2 Å². The Morgan fingerprint density at radius 2 is 1.73 bits per heavy atom. The van der Waals surface area contributed by atoms with E-state index in [2.05, 4.69) is 54.8 Å². The number of aromatic nitrogens is 2. The molecule has 0 bridgehead atoms. The van der Waals surface area contributed by atoms with Gasteiger partial charge < -0.3 is 29.8 Å². The molecule has 268 valence electrons. The average Bonchev–Trinajstić information content (AvgIpc) is 3.73. The number of benzene rings is 3. The zero-order valence-corrected chi connectivity index (χ0v) is 30.3. The van der Waals surface area contributed by atoms with Crippen LogP contribution in [0.4, 0.5) is 15.6 Å². The first-order valence-electron chi connectivity index (χ1n) is 17.6. The van der Waals surface area contributed by atoms with Gasteiger partial charge in [0.15, 0.2) is 16.6 Å². The fraction of sp³-hybridized carbons (Fsp3) is 0.359. The molecule has 3 aromatic carbocycles. The molecule has 1 aliphatic rings. The maximum atomic E-state index is 13.2. The number of carbonyl (C=O) groups excluding carboxylic acids is 2. The van der Waals surface area contributed by atoms with Gasteiger partial charge in [-0.3, -0.25) is 15.0 Å². The van der Waals surface area contributed by atoms with E-state index < -0.39 is 0 Å². The summed E-state index contributed by atoms with van der Waals surface area (Å²) in [5.74, 6) is 0.652. The third-order valence-corrected chi connectivity index (χ3v) is 9.74. The lowest BCUT2D eigenvalue weighted by atomic mass is 10.1. The van der Waals surface area contributed by atoms with Crippen molar-refractivity contribution in [3.63, 3.8) is 0 Å². The van der Waals surface area contributed by atoms with E-state index in [0.29, 0.717) is 32.9 Å². The van der Waals surface area contributed by atoms with Gasteiger partial charge in [0, 0.05) is 60.3 Å². The maximum Gasteiger partial charge on any atom is 0.319 e. The molecule has 1 fully saturated rings. The van der Waals surface area contributed by atoms with E-state index in [1.54, 1.807) is 24.4 Å². The quantitative estimate of drug-likeness (QED) is 0.0970. The third-order valence-electron chi connectivity index (χ3n) is 8.95. The Hall–Kier alpha value is -4.91. The predicted octanol–water partition coefficient (Wildman–Crippen LogP) is 8.19. The van der Waals surface area contributed by atoms with Crippen molar-refractivity contribution in [2.45, 2.75) is 78.2 Å². The molecule has 5 aromatic rings. The lowest BCUT2D eigenvalue weighted by Gasteiger charge is -2.29. The molecule has 6 rings (SSSR count). The van der Waals surface area contributed by atoms with Crippen LogP contribution in [-0.2, 0) is 6.54 Å². The van der Waals surface area contributed by atoms with E-state index in [-0.39, 0.29) is 30.2 Å². The summed E-state index contributed by atoms with van der Waals surface area (Å²) in [6, 6.07) is 20.9. The first-order valence-corrected chi connectivity index (χ1v) is 18.4. The highest BCUT2D eigenvalue weighted by atomic mass is 32.1. The zero-order valence-electron chi connectivity index (χ0n) is 29.5. The van der Waals surface area contributed by atoms with Crippen LogP contribution in [0.2, 0.25) is 0 Å². The number of thiazole rings is 1. The van der Waals surface area contributed by atoms with Gasteiger partial charge in [0.1, 0.15) is 0 Å². The molecule has 0 spiro atoms. The Morgan fingerprint density at radius 1 is 0.980 bits per heavy atom. The number of ether oxygens (including phenoxy) is 2. The highest BCUT2D eigenvalue weighted by molar-refractivity contribution is 7.17. The third kappa shape index (κ3) is 9.07. The number of nitrogens with one attached hydrogen (secondary N) is 3. The molecular formula is C39H46N6O5S. The number of piperidine rings is 1. The summed E-state index contributed by atoms with van der Waals surface area (Å²) in [5.41, 5.74) is 4.38. The van der Waals surface area contributed by atoms with Crippen LogP contribution in [0.5, 0.6) is 16.6 Å². The number of hydrogen-bond acceptors (Lipinski definition) is 8. The molecule has 1 aliphatic heterocycles. The van der Waals surface area contributed by atoms with Crippen LogP contribution in [0.15, 0.2) is 79.1 Å². The standard InChI is InChI=1S/C39H46N6O5S/c1-5-28(6-2)41-38(48)42-29-13-16-34(35(21-29)49-25(3)4)50-36-22-40-39(51-36)43-37(47)26-11-14-30(15-12-26)45-24-27(32-9-7-8-10-33(32)45)23-44-19-17-31(46)18-20-44/h7-16,21-22,24-25,28,31,46H,5-6,17-20,23H2,1-4H3,(H,40,43,47)(H2,41,42,48). The number of carbonyl (C=O) groups is 2.